The first-order valence-corrected chi connectivity index (χ1v) is 10.1. The van der Waals surface area contributed by atoms with Crippen LogP contribution in [0.15, 0.2) is 67.7 Å². The highest BCUT2D eigenvalue weighted by molar-refractivity contribution is 9.10. The molecule has 0 aliphatic carbocycles. The summed E-state index contributed by atoms with van der Waals surface area (Å²) >= 11 is 3.43. The molecule has 162 valence electrons. The highest BCUT2D eigenvalue weighted by Crippen LogP contribution is 2.20. The molecule has 2 aromatic heterocycles. The molecule has 0 bridgehead atoms. The lowest BCUT2D eigenvalue weighted by atomic mass is 10.2. The average molecular weight is 498 g/mol. The number of H-pyrrole nitrogens is 1. The molecular formula is C20H16BrN7O4. The van der Waals surface area contributed by atoms with Crippen molar-refractivity contribution < 1.29 is 4.92 Å². The third-order valence-corrected chi connectivity index (χ3v) is 5.19. The van der Waals surface area contributed by atoms with E-state index < -0.39 is 16.2 Å². The van der Waals surface area contributed by atoms with Crippen molar-refractivity contribution in [3.8, 4) is 0 Å². The van der Waals surface area contributed by atoms with Crippen LogP contribution < -0.4 is 16.7 Å². The minimum Gasteiger partial charge on any atom is -0.298 e. The number of aryl methyl sites for hydroxylation is 1. The number of nitrogens with zero attached hydrogens (tertiary/aromatic N) is 5. The van der Waals surface area contributed by atoms with Crippen LogP contribution in [-0.4, -0.2) is 30.2 Å². The Morgan fingerprint density at radius 1 is 1.25 bits per heavy atom. The van der Waals surface area contributed by atoms with Gasteiger partial charge >= 0.3 is 5.69 Å². The number of aromatic nitrogens is 4. The summed E-state index contributed by atoms with van der Waals surface area (Å²) in [6.07, 6.45) is 1.40. The topological polar surface area (TPSA) is 140 Å². The van der Waals surface area contributed by atoms with E-state index in [-0.39, 0.29) is 29.3 Å². The number of hydrazone groups is 1. The number of halogens is 1. The van der Waals surface area contributed by atoms with Gasteiger partial charge in [-0.2, -0.15) is 10.1 Å². The molecule has 0 fully saturated rings. The van der Waals surface area contributed by atoms with Gasteiger partial charge in [0.25, 0.3) is 11.2 Å². The molecule has 32 heavy (non-hydrogen) atoms. The smallest absolute Gasteiger partial charge is 0.298 e. The van der Waals surface area contributed by atoms with E-state index in [0.29, 0.717) is 5.56 Å². The third-order valence-electron chi connectivity index (χ3n) is 4.70. The van der Waals surface area contributed by atoms with Crippen LogP contribution in [-0.2, 0) is 13.6 Å². The monoisotopic (exact) mass is 497 g/mol. The fraction of sp³-hybridized carbons (Fsp3) is 0.100. The molecule has 2 N–H and O–H groups in total. The zero-order valence-electron chi connectivity index (χ0n) is 16.7. The van der Waals surface area contributed by atoms with E-state index in [1.165, 1.54) is 30.0 Å². The molecule has 2 aromatic carbocycles. The van der Waals surface area contributed by atoms with Gasteiger partial charge in [0.2, 0.25) is 5.95 Å². The SMILES string of the molecule is Cn1c(=O)[nH]c(=O)c2c1nc(N/N=C/c1cccc([N+](=O)[O-])c1)n2Cc1cccc(Br)c1. The largest absolute Gasteiger partial charge is 0.329 e. The molecular weight excluding hydrogens is 482 g/mol. The van der Waals surface area contributed by atoms with Crippen LogP contribution in [0.2, 0.25) is 0 Å². The molecule has 0 unspecified atom stereocenters. The Bertz CT molecular complexity index is 1490. The molecule has 0 aliphatic heterocycles. The standard InChI is InChI=1S/C20H16BrN7O4/c1-26-17-16(18(29)24-20(26)30)27(11-13-5-2-6-14(21)8-13)19(23-17)25-22-10-12-4-3-7-15(9-12)28(31)32/h2-10H,11H2,1H3,(H,23,25)(H,24,29,30)/b22-10+. The lowest BCUT2D eigenvalue weighted by Gasteiger charge is -2.08. The Kier molecular flexibility index (Phi) is 5.69. The lowest BCUT2D eigenvalue weighted by molar-refractivity contribution is -0.384. The predicted octanol–water partition coefficient (Wildman–Crippen LogP) is 2.59. The summed E-state index contributed by atoms with van der Waals surface area (Å²) in [6, 6.07) is 13.5. The van der Waals surface area contributed by atoms with Crippen molar-refractivity contribution in [1.82, 2.24) is 19.1 Å². The third kappa shape index (κ3) is 4.21. The summed E-state index contributed by atoms with van der Waals surface area (Å²) in [5, 5.41) is 15.1. The lowest BCUT2D eigenvalue weighted by Crippen LogP contribution is -2.29. The van der Waals surface area contributed by atoms with E-state index >= 15 is 0 Å². The van der Waals surface area contributed by atoms with Crippen LogP contribution in [0.5, 0.6) is 0 Å². The summed E-state index contributed by atoms with van der Waals surface area (Å²) in [4.78, 5) is 41.7. The number of fused-ring (bicyclic) bond motifs is 1. The zero-order valence-corrected chi connectivity index (χ0v) is 18.2. The number of aromatic amines is 1. The van der Waals surface area contributed by atoms with Crippen LogP contribution in [0.25, 0.3) is 11.2 Å². The quantitative estimate of drug-likeness (QED) is 0.238. The Morgan fingerprint density at radius 3 is 2.78 bits per heavy atom. The van der Waals surface area contributed by atoms with Crippen molar-refractivity contribution in [1.29, 1.82) is 0 Å². The van der Waals surface area contributed by atoms with Crippen LogP contribution >= 0.6 is 15.9 Å². The second kappa shape index (κ2) is 8.59. The number of rotatable bonds is 6. The van der Waals surface area contributed by atoms with Crippen LogP contribution in [0.3, 0.4) is 0 Å². The van der Waals surface area contributed by atoms with Gasteiger partial charge in [0, 0.05) is 29.2 Å². The van der Waals surface area contributed by atoms with Gasteiger partial charge in [0.15, 0.2) is 11.2 Å². The predicted molar refractivity (Wildman–Crippen MR) is 123 cm³/mol. The molecule has 4 rings (SSSR count). The fourth-order valence-corrected chi connectivity index (χ4v) is 3.62. The number of non-ortho nitro benzene ring substituents is 1. The van der Waals surface area contributed by atoms with Gasteiger partial charge in [0.05, 0.1) is 17.7 Å². The number of nitro groups is 1. The first-order valence-electron chi connectivity index (χ1n) is 9.31. The van der Waals surface area contributed by atoms with Crippen molar-refractivity contribution in [2.45, 2.75) is 6.54 Å². The summed E-state index contributed by atoms with van der Waals surface area (Å²) in [6.45, 7) is 0.284. The van der Waals surface area contributed by atoms with Crippen molar-refractivity contribution >= 4 is 44.9 Å². The fourth-order valence-electron chi connectivity index (χ4n) is 3.17. The van der Waals surface area contributed by atoms with E-state index in [4.69, 9.17) is 0 Å². The number of nitro benzene ring substituents is 1. The highest BCUT2D eigenvalue weighted by atomic mass is 79.9. The van der Waals surface area contributed by atoms with Gasteiger partial charge in [-0.1, -0.05) is 40.2 Å². The summed E-state index contributed by atoms with van der Waals surface area (Å²) in [7, 11) is 1.51. The van der Waals surface area contributed by atoms with E-state index in [0.717, 1.165) is 10.0 Å². The van der Waals surface area contributed by atoms with Crippen molar-refractivity contribution in [2.24, 2.45) is 12.1 Å². The minimum absolute atomic E-state index is 0.0580. The maximum absolute atomic E-state index is 12.6. The van der Waals surface area contributed by atoms with E-state index in [1.54, 1.807) is 16.7 Å². The Hall–Kier alpha value is -4.06. The Labute approximate surface area is 188 Å². The normalized spacial score (nSPS) is 11.3. The first-order chi connectivity index (χ1) is 15.3. The average Bonchev–Trinajstić information content (AvgIpc) is 3.11. The number of anilines is 1. The van der Waals surface area contributed by atoms with Crippen molar-refractivity contribution in [3.05, 3.63) is 95.1 Å². The summed E-state index contributed by atoms with van der Waals surface area (Å²) in [5.41, 5.74) is 3.37. The molecule has 0 saturated heterocycles. The molecule has 0 radical (unpaired) electrons. The number of imidazole rings is 1. The first kappa shape index (κ1) is 21.2. The van der Waals surface area contributed by atoms with E-state index in [1.807, 2.05) is 24.3 Å². The molecule has 11 nitrogen and oxygen atoms in total. The van der Waals surface area contributed by atoms with Crippen LogP contribution in [0.1, 0.15) is 11.1 Å². The highest BCUT2D eigenvalue weighted by Gasteiger charge is 2.17. The molecule has 12 heteroatoms. The van der Waals surface area contributed by atoms with Crippen LogP contribution in [0, 0.1) is 10.1 Å². The maximum Gasteiger partial charge on any atom is 0.329 e. The molecule has 0 saturated carbocycles. The van der Waals surface area contributed by atoms with Gasteiger partial charge in [-0.25, -0.2) is 10.2 Å². The van der Waals surface area contributed by atoms with E-state index in [9.17, 15) is 19.7 Å². The molecule has 0 spiro atoms. The number of hydrogen-bond donors (Lipinski definition) is 2. The van der Waals surface area contributed by atoms with Crippen LogP contribution in [0.4, 0.5) is 11.6 Å². The molecule has 0 aliphatic rings. The molecule has 4 aromatic rings. The van der Waals surface area contributed by atoms with Crippen molar-refractivity contribution in [3.63, 3.8) is 0 Å². The van der Waals surface area contributed by atoms with Gasteiger partial charge in [-0.15, -0.1) is 0 Å². The number of nitrogens with one attached hydrogen (secondary N) is 2. The second-order valence-corrected chi connectivity index (χ2v) is 7.78. The van der Waals surface area contributed by atoms with Gasteiger partial charge in [-0.05, 0) is 17.7 Å². The van der Waals surface area contributed by atoms with Gasteiger partial charge in [0.1, 0.15) is 0 Å². The summed E-state index contributed by atoms with van der Waals surface area (Å²) < 4.78 is 3.72. The minimum atomic E-state index is -0.582. The Morgan fingerprint density at radius 2 is 2.03 bits per heavy atom. The van der Waals surface area contributed by atoms with Gasteiger partial charge < -0.3 is 0 Å². The zero-order chi connectivity index (χ0) is 22.8. The van der Waals surface area contributed by atoms with Crippen molar-refractivity contribution in [2.75, 3.05) is 5.43 Å². The Balaban J connectivity index is 1.76. The van der Waals surface area contributed by atoms with Gasteiger partial charge in [-0.3, -0.25) is 29.0 Å². The maximum atomic E-state index is 12.6. The number of benzene rings is 2. The molecule has 0 atom stereocenters. The van der Waals surface area contributed by atoms with E-state index in [2.05, 4.69) is 36.4 Å². The number of hydrogen-bond acceptors (Lipinski definition) is 7. The molecule has 2 heterocycles. The second-order valence-electron chi connectivity index (χ2n) is 6.86. The molecule has 0 amide bonds. The summed E-state index contributed by atoms with van der Waals surface area (Å²) in [5.74, 6) is 0.230.